The maximum absolute atomic E-state index is 15.0. The van der Waals surface area contributed by atoms with Gasteiger partial charge in [-0.25, -0.2) is 0 Å². The summed E-state index contributed by atoms with van der Waals surface area (Å²) in [4.78, 5) is 267. The van der Waals surface area contributed by atoms with E-state index in [4.69, 9.17) is 51.0 Å². The van der Waals surface area contributed by atoms with Gasteiger partial charge in [0.25, 0.3) is 0 Å². The standard InChI is InChI=1S/C95H156N22O24S2/c1-53(2)38-61(45-78(125)68(18-11-14-34-98)110-85(133)59(16-9-12-32-96)43-77(124)70(28-29-82(99)129)112-88(136)62(40-57-20-24-64(121)25-21-57)42-66(123)49-107-91(139)72(31-37-143-8)109-56(6)120)87(135)111-69(19-15-35-106-94(101)102)79(126)46-63(51-118)89(137)113-71(30-36-142-7)81(128)47-67(55(5)119)90(138)114-73(48-83(130)131)80(127)44-60(17-10-13-33-97)86(134)116-75(41-58-22-26-65(122)27-23-58)92(140)117-76(50-105-52-108-95(103)104)93(141)115-74(84(100)132)39-54(3)4/h20-27,53-55,59-63,67-76,105,118-119,121-122H,9-19,28-52,96-98H2,1-8H3,(H2,99,129)(H2,100,132)(H,107,139)(H,109,120)(H,110,133)(H,111,135)(H,112,136)(H,113,137)(H,114,138)(H,115,141)(H,116,134)(H,117,140)(H,130,131)(H4,101,102,106)(H4,103,104,108)/t55-,59-,60-,61-,62-,63+,67+,68+,69+,70+,71+,72+,73+,74+,75+,76+/m1/s1. The molecule has 0 spiro atoms. The highest BCUT2D eigenvalue weighted by atomic mass is 32.2. The molecular formula is C95H156N22O24S2. The lowest BCUT2D eigenvalue weighted by Gasteiger charge is -2.28. The van der Waals surface area contributed by atoms with Gasteiger partial charge in [0.05, 0.1) is 74.4 Å². The highest BCUT2D eigenvalue weighted by Crippen LogP contribution is 2.27. The Morgan fingerprint density at radius 2 is 0.797 bits per heavy atom. The number of nitrogens with one attached hydrogen (secondary N) is 15. The smallest absolute Gasteiger partial charge is 0.305 e. The number of unbranched alkanes of at least 4 members (excludes halogenated alkanes) is 3. The van der Waals surface area contributed by atoms with Crippen LogP contribution in [0.5, 0.6) is 11.5 Å². The molecule has 0 unspecified atom stereocenters. The van der Waals surface area contributed by atoms with E-state index in [1.54, 1.807) is 34.0 Å². The molecule has 143 heavy (non-hydrogen) atoms. The third kappa shape index (κ3) is 52.8. The molecule has 0 saturated carbocycles. The zero-order chi connectivity index (χ0) is 108. The number of carbonyl (C=O) groups is 19. The molecule has 46 nitrogen and oxygen atoms in total. The minimum Gasteiger partial charge on any atom is -0.508 e. The quantitative estimate of drug-likeness (QED) is 0.0143. The van der Waals surface area contributed by atoms with Gasteiger partial charge in [0, 0.05) is 95.1 Å². The Balaban J connectivity index is 2.61. The van der Waals surface area contributed by atoms with Gasteiger partial charge in [0.2, 0.25) is 70.9 Å². The summed E-state index contributed by atoms with van der Waals surface area (Å²) in [7, 11) is 0. The van der Waals surface area contributed by atoms with Crippen molar-refractivity contribution in [3.8, 4) is 11.5 Å². The van der Waals surface area contributed by atoms with E-state index in [0.29, 0.717) is 36.1 Å². The predicted molar refractivity (Wildman–Crippen MR) is 538 cm³/mol. The Bertz CT molecular complexity index is 4480. The number of carboxylic acid groups (broad SMARTS) is 1. The Morgan fingerprint density at radius 1 is 0.392 bits per heavy atom. The molecule has 48 heteroatoms. The first-order chi connectivity index (χ1) is 67.6. The van der Waals surface area contributed by atoms with Crippen molar-refractivity contribution in [3.63, 3.8) is 0 Å². The number of aromatic hydroxyl groups is 2. The molecule has 0 radical (unpaired) electrons. The second-order valence-electron chi connectivity index (χ2n) is 36.7. The van der Waals surface area contributed by atoms with Gasteiger partial charge in [-0.1, -0.05) is 64.8 Å². The number of hydrogen-bond acceptors (Lipinski definition) is 31. The van der Waals surface area contributed by atoms with Gasteiger partial charge in [-0.3, -0.25) is 107 Å². The number of thioether (sulfide) groups is 2. The number of carboxylic acids is 1. The summed E-state index contributed by atoms with van der Waals surface area (Å²) in [6, 6.07) is -1.77. The van der Waals surface area contributed by atoms with Crippen molar-refractivity contribution < 1.29 is 117 Å². The van der Waals surface area contributed by atoms with Gasteiger partial charge in [-0.15, -0.1) is 0 Å². The maximum atomic E-state index is 15.0. The molecule has 0 aliphatic carbocycles. The van der Waals surface area contributed by atoms with Crippen LogP contribution in [0.25, 0.3) is 0 Å². The number of benzene rings is 2. The molecule has 2 aromatic carbocycles. The molecular weight excluding hydrogens is 1900 g/mol. The number of nitrogens with two attached hydrogens (primary N) is 7. The summed E-state index contributed by atoms with van der Waals surface area (Å²) < 4.78 is 0. The highest BCUT2D eigenvalue weighted by Gasteiger charge is 2.41. The molecule has 0 fully saturated rings. The Labute approximate surface area is 843 Å². The molecule has 34 N–H and O–H groups in total. The minimum atomic E-state index is -1.95. The van der Waals surface area contributed by atoms with Gasteiger partial charge >= 0.3 is 5.97 Å². The van der Waals surface area contributed by atoms with Crippen molar-refractivity contribution in [3.05, 3.63) is 59.7 Å². The summed E-state index contributed by atoms with van der Waals surface area (Å²) in [5, 5.41) is 102. The van der Waals surface area contributed by atoms with E-state index in [2.05, 4.69) is 69.1 Å². The van der Waals surface area contributed by atoms with E-state index in [1.165, 1.54) is 79.0 Å². The molecule has 0 heterocycles. The SMILES string of the molecule is CSCC[C@H](NC(=O)[C@H](CO)CC(=O)[C@H](CCCNC(=N)N)NC(=O)[C@@H](CC(=O)[C@H](CCCCN)NC(=O)[C@H](CCCCN)CC(=O)[C@H](CCC(N)=O)NC(=O)[C@@H](CC(=O)CNC(=O)[C@H](CCSC)NC(C)=O)Cc1ccc(O)cc1)CC(C)C)C(=O)C[C@H](C(=O)N[C@@H](CC(=O)O)C(=O)C[C@@H](CCCCN)C(=O)N[C@@H](Cc1ccc(O)cc1)C(=O)N[C@@H](CNCNC(=N)N)C(=O)N[C@@H](CC(C)C)C(N)=O)[C@@H](C)O. The molecule has 0 aliphatic rings. The van der Waals surface area contributed by atoms with Crippen LogP contribution < -0.4 is 109 Å². The predicted octanol–water partition coefficient (Wildman–Crippen LogP) is -2.29. The number of phenols is 2. The summed E-state index contributed by atoms with van der Waals surface area (Å²) in [6.45, 7) is 7.76. The van der Waals surface area contributed by atoms with Gasteiger partial charge < -0.3 is 129 Å². The van der Waals surface area contributed by atoms with E-state index in [0.717, 1.165) is 6.92 Å². The molecule has 2 rings (SSSR count). The first-order valence-corrected chi connectivity index (χ1v) is 51.1. The van der Waals surface area contributed by atoms with E-state index in [1.807, 2.05) is 6.26 Å². The Kier molecular flexibility index (Phi) is 62.3. The minimum absolute atomic E-state index is 0.0126. The van der Waals surface area contributed by atoms with Gasteiger partial charge in [0.15, 0.2) is 46.6 Å². The van der Waals surface area contributed by atoms with Crippen LogP contribution in [-0.2, 0) is 104 Å². The van der Waals surface area contributed by atoms with E-state index in [-0.39, 0.29) is 165 Å². The first kappa shape index (κ1) is 127. The molecule has 16 atom stereocenters. The number of amides is 12. The lowest BCUT2D eigenvalue weighted by molar-refractivity contribution is -0.142. The average molecular weight is 2050 g/mol. The van der Waals surface area contributed by atoms with E-state index in [9.17, 15) is 117 Å². The second kappa shape index (κ2) is 70.0. The van der Waals surface area contributed by atoms with Crippen LogP contribution in [-0.4, -0.2) is 286 Å². The number of primary amides is 2. The number of aliphatic hydroxyl groups excluding tert-OH is 2. The molecule has 12 amide bonds. The lowest BCUT2D eigenvalue weighted by Crippen LogP contribution is -2.60. The average Bonchev–Trinajstić information content (AvgIpc) is 0.845. The van der Waals surface area contributed by atoms with Crippen LogP contribution in [0.2, 0.25) is 0 Å². The summed E-state index contributed by atoms with van der Waals surface area (Å²) in [6.07, 6.45) is -2.93. The molecule has 2 aromatic rings. The summed E-state index contributed by atoms with van der Waals surface area (Å²) in [5.41, 5.74) is 40.7. The Morgan fingerprint density at radius 3 is 1.26 bits per heavy atom. The van der Waals surface area contributed by atoms with Crippen molar-refractivity contribution >= 4 is 147 Å². The van der Waals surface area contributed by atoms with E-state index < -0.39 is 284 Å². The van der Waals surface area contributed by atoms with Crippen LogP contribution in [0.3, 0.4) is 0 Å². The van der Waals surface area contributed by atoms with Crippen molar-refractivity contribution in [1.82, 2.24) is 69.1 Å². The number of hydrogen-bond donors (Lipinski definition) is 27. The van der Waals surface area contributed by atoms with Crippen LogP contribution >= 0.6 is 23.5 Å². The zero-order valence-electron chi connectivity index (χ0n) is 83.3. The number of ketones is 6. The number of rotatable bonds is 79. The van der Waals surface area contributed by atoms with E-state index >= 15 is 0 Å². The monoisotopic (exact) mass is 2050 g/mol. The fraction of sp³-hybridized carbons (Fsp3) is 0.653. The summed E-state index contributed by atoms with van der Waals surface area (Å²) >= 11 is 2.66. The largest absolute Gasteiger partial charge is 0.508 e. The number of phenolic OH excluding ortho intramolecular Hbond substituents is 2. The van der Waals surface area contributed by atoms with Gasteiger partial charge in [-0.05, 0) is 194 Å². The normalized spacial score (nSPS) is 14.6. The van der Waals surface area contributed by atoms with Gasteiger partial charge in [-0.2, -0.15) is 23.5 Å². The number of aliphatic carboxylic acids is 1. The number of guanidine groups is 2. The molecule has 0 aliphatic heterocycles. The summed E-state index contributed by atoms with van der Waals surface area (Å²) in [5.74, 6) is -26.2. The lowest BCUT2D eigenvalue weighted by atomic mass is 9.87. The molecule has 0 aromatic heterocycles. The molecule has 802 valence electrons. The second-order valence-corrected chi connectivity index (χ2v) is 38.7. The van der Waals surface area contributed by atoms with Crippen molar-refractivity contribution in [2.24, 2.45) is 87.5 Å². The van der Waals surface area contributed by atoms with Crippen LogP contribution in [0.4, 0.5) is 0 Å². The third-order valence-electron chi connectivity index (χ3n) is 23.5. The Hall–Kier alpha value is -11.8. The number of carbonyl (C=O) groups excluding carboxylic acids is 18. The first-order valence-electron chi connectivity index (χ1n) is 48.3. The zero-order valence-corrected chi connectivity index (χ0v) is 85.0. The van der Waals surface area contributed by atoms with Crippen molar-refractivity contribution in [1.29, 1.82) is 10.8 Å². The van der Waals surface area contributed by atoms with Crippen molar-refractivity contribution in [2.45, 2.75) is 269 Å². The van der Waals surface area contributed by atoms with Crippen LogP contribution in [0, 0.1) is 58.2 Å². The van der Waals surface area contributed by atoms with Crippen LogP contribution in [0.15, 0.2) is 48.5 Å². The fourth-order valence-corrected chi connectivity index (χ4v) is 16.6. The molecule has 0 bridgehead atoms. The number of Topliss-reactive ketones (excluding diaryl/α,β-unsaturated/α-hetero) is 6. The number of aliphatic hydroxyl groups is 2. The van der Waals surface area contributed by atoms with Crippen molar-refractivity contribution in [2.75, 3.05) is 76.6 Å². The van der Waals surface area contributed by atoms with Crippen LogP contribution in [0.1, 0.15) is 207 Å². The maximum Gasteiger partial charge on any atom is 0.305 e. The third-order valence-corrected chi connectivity index (χ3v) is 24.8. The molecule has 0 saturated heterocycles. The fourth-order valence-electron chi connectivity index (χ4n) is 15.6. The van der Waals surface area contributed by atoms with Gasteiger partial charge in [0.1, 0.15) is 35.7 Å². The topological polar surface area (TPSA) is 812 Å². The highest BCUT2D eigenvalue weighted by molar-refractivity contribution is 7.98.